The molecule has 2 aliphatic rings. The lowest BCUT2D eigenvalue weighted by Crippen LogP contribution is -2.58. The molecule has 0 aromatic rings. The van der Waals surface area contributed by atoms with Crippen LogP contribution in [0.15, 0.2) is 0 Å². The summed E-state index contributed by atoms with van der Waals surface area (Å²) in [5, 5.41) is 38.3. The maximum atomic E-state index is 11.7. The van der Waals surface area contributed by atoms with Gasteiger partial charge < -0.3 is 29.9 Å². The van der Waals surface area contributed by atoms with Crippen LogP contribution in [0, 0.1) is 23.2 Å². The first kappa shape index (κ1) is 29.8. The van der Waals surface area contributed by atoms with E-state index in [2.05, 4.69) is 9.47 Å². The van der Waals surface area contributed by atoms with Crippen LogP contribution in [0.3, 0.4) is 0 Å². The molecule has 2 fully saturated rings. The number of aliphatic hydroxyl groups excluding tert-OH is 1. The average Bonchev–Trinajstić information content (AvgIpc) is 2.84. The molecule has 196 valence electrons. The number of ether oxygens (including phenoxy) is 2. The van der Waals surface area contributed by atoms with Crippen LogP contribution in [-0.2, 0) is 28.7 Å². The van der Waals surface area contributed by atoms with Gasteiger partial charge in [-0.2, -0.15) is 0 Å². The fourth-order valence-corrected chi connectivity index (χ4v) is 5.16. The summed E-state index contributed by atoms with van der Waals surface area (Å²) in [5.74, 6) is -5.11. The Morgan fingerprint density at radius 2 is 1.21 bits per heavy atom. The normalized spacial score (nSPS) is 22.5. The zero-order valence-corrected chi connectivity index (χ0v) is 20.6. The number of rotatable bonds is 8. The molecule has 0 bridgehead atoms. The van der Waals surface area contributed by atoms with E-state index in [0.29, 0.717) is 12.8 Å². The van der Waals surface area contributed by atoms with Crippen LogP contribution in [-0.4, -0.2) is 70.2 Å². The molecule has 2 saturated carbocycles. The smallest absolute Gasteiger partial charge is 0.336 e. The Morgan fingerprint density at radius 3 is 1.59 bits per heavy atom. The Bertz CT molecular complexity index is 707. The van der Waals surface area contributed by atoms with E-state index in [4.69, 9.17) is 5.11 Å². The van der Waals surface area contributed by atoms with E-state index >= 15 is 0 Å². The van der Waals surface area contributed by atoms with E-state index in [0.717, 1.165) is 58.3 Å². The highest BCUT2D eigenvalue weighted by atomic mass is 16.5. The Hall–Kier alpha value is -2.20. The van der Waals surface area contributed by atoms with Gasteiger partial charge in [-0.05, 0) is 51.4 Å². The van der Waals surface area contributed by atoms with Gasteiger partial charge in [0, 0.05) is 0 Å². The molecule has 2 aliphatic carbocycles. The molecule has 0 spiro atoms. The second-order valence-corrected chi connectivity index (χ2v) is 9.63. The van der Waals surface area contributed by atoms with Crippen molar-refractivity contribution >= 4 is 23.9 Å². The highest BCUT2D eigenvalue weighted by molar-refractivity contribution is 5.88. The number of carbonyl (C=O) groups is 4. The van der Waals surface area contributed by atoms with Crippen molar-refractivity contribution in [1.29, 1.82) is 0 Å². The number of carboxylic acid groups (broad SMARTS) is 2. The third kappa shape index (κ3) is 6.69. The Balaban J connectivity index is 0.000000340. The molecule has 34 heavy (non-hydrogen) atoms. The molecule has 10 nitrogen and oxygen atoms in total. The van der Waals surface area contributed by atoms with Gasteiger partial charge in [0.1, 0.15) is 5.41 Å². The number of hydrogen-bond donors (Lipinski definition) is 4. The predicted molar refractivity (Wildman–Crippen MR) is 121 cm³/mol. The minimum atomic E-state index is -2.25. The molecular weight excluding hydrogens is 448 g/mol. The summed E-state index contributed by atoms with van der Waals surface area (Å²) < 4.78 is 9.16. The van der Waals surface area contributed by atoms with E-state index in [1.807, 2.05) is 0 Å². The summed E-state index contributed by atoms with van der Waals surface area (Å²) in [6.45, 7) is 2.43. The Morgan fingerprint density at radius 1 is 0.765 bits per heavy atom. The first-order chi connectivity index (χ1) is 15.9. The molecule has 0 radical (unpaired) electrons. The quantitative estimate of drug-likeness (QED) is 0.372. The van der Waals surface area contributed by atoms with Crippen molar-refractivity contribution in [2.45, 2.75) is 89.8 Å². The standard InChI is InChI=1S/2C12H20O5/c1-11(9(13)14,12(2,17)10(15)16)8-6-4-3-5-7-8;1-16-11(14)9(10(13)12(15)17-2)8-6-4-3-5-7-8/h8,17H,3-7H2,1-2H3,(H,13,14)(H,15,16);8-10,13H,3-7H2,1-2H3. The molecule has 0 aliphatic heterocycles. The molecule has 0 heterocycles. The van der Waals surface area contributed by atoms with Crippen LogP contribution in [0.5, 0.6) is 0 Å². The van der Waals surface area contributed by atoms with Crippen molar-refractivity contribution < 1.29 is 49.1 Å². The molecule has 2 rings (SSSR count). The van der Waals surface area contributed by atoms with Crippen molar-refractivity contribution in [2.75, 3.05) is 14.2 Å². The molecule has 4 unspecified atom stereocenters. The van der Waals surface area contributed by atoms with Crippen LogP contribution < -0.4 is 0 Å². The van der Waals surface area contributed by atoms with Crippen molar-refractivity contribution in [3.63, 3.8) is 0 Å². The van der Waals surface area contributed by atoms with Crippen LogP contribution in [0.2, 0.25) is 0 Å². The lowest BCUT2D eigenvalue weighted by atomic mass is 9.61. The zero-order chi connectivity index (χ0) is 26.1. The third-order valence-corrected chi connectivity index (χ3v) is 7.71. The monoisotopic (exact) mass is 488 g/mol. The van der Waals surface area contributed by atoms with Crippen LogP contribution in [0.25, 0.3) is 0 Å². The van der Waals surface area contributed by atoms with Gasteiger partial charge in [0.25, 0.3) is 0 Å². The summed E-state index contributed by atoms with van der Waals surface area (Å²) in [5.41, 5.74) is -3.89. The molecule has 0 aromatic heterocycles. The molecule has 0 amide bonds. The van der Waals surface area contributed by atoms with E-state index in [9.17, 15) is 34.5 Å². The Kier molecular flexibility index (Phi) is 11.4. The summed E-state index contributed by atoms with van der Waals surface area (Å²) in [4.78, 5) is 45.6. The summed E-state index contributed by atoms with van der Waals surface area (Å²) in [6.07, 6.45) is 7.58. The van der Waals surface area contributed by atoms with E-state index in [1.54, 1.807) is 0 Å². The number of aliphatic carboxylic acids is 2. The van der Waals surface area contributed by atoms with Gasteiger partial charge in [0.05, 0.1) is 20.1 Å². The molecule has 4 N–H and O–H groups in total. The van der Waals surface area contributed by atoms with E-state index in [1.165, 1.54) is 21.1 Å². The van der Waals surface area contributed by atoms with Gasteiger partial charge in [0.2, 0.25) is 0 Å². The maximum Gasteiger partial charge on any atom is 0.336 e. The highest BCUT2D eigenvalue weighted by Gasteiger charge is 2.58. The third-order valence-electron chi connectivity index (χ3n) is 7.71. The Labute approximate surface area is 200 Å². The van der Waals surface area contributed by atoms with Gasteiger partial charge in [-0.25, -0.2) is 9.59 Å². The number of carbonyl (C=O) groups excluding carboxylic acids is 2. The first-order valence-corrected chi connectivity index (χ1v) is 11.9. The largest absolute Gasteiger partial charge is 0.481 e. The van der Waals surface area contributed by atoms with Gasteiger partial charge in [-0.15, -0.1) is 0 Å². The highest BCUT2D eigenvalue weighted by Crippen LogP contribution is 2.46. The maximum absolute atomic E-state index is 11.7. The molecule has 0 aromatic carbocycles. The molecule has 4 atom stereocenters. The lowest BCUT2D eigenvalue weighted by Gasteiger charge is -2.43. The average molecular weight is 489 g/mol. The fourth-order valence-electron chi connectivity index (χ4n) is 5.16. The zero-order valence-electron chi connectivity index (χ0n) is 20.6. The number of hydrogen-bond acceptors (Lipinski definition) is 8. The van der Waals surface area contributed by atoms with Crippen molar-refractivity contribution in [1.82, 2.24) is 0 Å². The lowest BCUT2D eigenvalue weighted by molar-refractivity contribution is -0.192. The number of carboxylic acids is 2. The minimum absolute atomic E-state index is 0.00491. The topological polar surface area (TPSA) is 168 Å². The summed E-state index contributed by atoms with van der Waals surface area (Å²) >= 11 is 0. The predicted octanol–water partition coefficient (Wildman–Crippen LogP) is 2.38. The second kappa shape index (κ2) is 13.0. The van der Waals surface area contributed by atoms with Crippen LogP contribution >= 0.6 is 0 Å². The van der Waals surface area contributed by atoms with Gasteiger partial charge >= 0.3 is 23.9 Å². The number of aliphatic hydroxyl groups is 2. The fraction of sp³-hybridized carbons (Fsp3) is 0.833. The first-order valence-electron chi connectivity index (χ1n) is 11.9. The number of methoxy groups -OCH3 is 2. The van der Waals surface area contributed by atoms with Crippen LogP contribution in [0.1, 0.15) is 78.1 Å². The summed E-state index contributed by atoms with van der Waals surface area (Å²) in [7, 11) is 2.46. The van der Waals surface area contributed by atoms with Crippen molar-refractivity contribution in [3.05, 3.63) is 0 Å². The van der Waals surface area contributed by atoms with Gasteiger partial charge in [-0.3, -0.25) is 9.59 Å². The van der Waals surface area contributed by atoms with Gasteiger partial charge in [0.15, 0.2) is 11.7 Å². The minimum Gasteiger partial charge on any atom is -0.481 e. The van der Waals surface area contributed by atoms with Crippen LogP contribution in [0.4, 0.5) is 0 Å². The molecule has 0 saturated heterocycles. The van der Waals surface area contributed by atoms with E-state index in [-0.39, 0.29) is 11.8 Å². The second-order valence-electron chi connectivity index (χ2n) is 9.63. The summed E-state index contributed by atoms with van der Waals surface area (Å²) in [6, 6.07) is 0. The molecule has 10 heteroatoms. The van der Waals surface area contributed by atoms with E-state index < -0.39 is 46.9 Å². The number of esters is 2. The van der Waals surface area contributed by atoms with Crippen molar-refractivity contribution in [3.8, 4) is 0 Å². The van der Waals surface area contributed by atoms with Crippen molar-refractivity contribution in [2.24, 2.45) is 23.2 Å². The molecular formula is C24H40O10. The van der Waals surface area contributed by atoms with Gasteiger partial charge in [-0.1, -0.05) is 38.5 Å². The SMILES string of the molecule is CC(O)(C(=O)O)C(C)(C(=O)O)C1CCCCC1.COC(=O)C(O)C(C(=O)OC)C1CCCCC1.